The lowest BCUT2D eigenvalue weighted by Gasteiger charge is -2.40. The number of pyridine rings is 1. The van der Waals surface area contributed by atoms with Crippen LogP contribution in [0.1, 0.15) is 37.9 Å². The van der Waals surface area contributed by atoms with E-state index in [0.717, 1.165) is 70.4 Å². The summed E-state index contributed by atoms with van der Waals surface area (Å²) in [6.45, 7) is 12.4. The van der Waals surface area contributed by atoms with E-state index in [1.54, 1.807) is 11.8 Å². The standard InChI is InChI=1S/C18H25ClN5S/c1-6-8-11(3)14-13-15(12(4)16(19)21-14)22-18(25-7-2)23-17(13)24(5)10-9-20-24/h20H,3,6-10H2,1-2,4-5H3/q+1. The van der Waals surface area contributed by atoms with Crippen molar-refractivity contribution in [3.63, 3.8) is 0 Å². The Morgan fingerprint density at radius 2 is 2.04 bits per heavy atom. The fraction of sp³-hybridized carbons (Fsp3) is 0.500. The van der Waals surface area contributed by atoms with Crippen molar-refractivity contribution in [1.29, 1.82) is 0 Å². The molecule has 1 saturated heterocycles. The summed E-state index contributed by atoms with van der Waals surface area (Å²) in [4.78, 5) is 14.4. The summed E-state index contributed by atoms with van der Waals surface area (Å²) in [6, 6.07) is 0. The van der Waals surface area contributed by atoms with Crippen molar-refractivity contribution >= 4 is 45.7 Å². The van der Waals surface area contributed by atoms with Crippen molar-refractivity contribution < 1.29 is 0 Å². The van der Waals surface area contributed by atoms with Gasteiger partial charge in [-0.2, -0.15) is 15.0 Å². The number of fused-ring (bicyclic) bond motifs is 1. The van der Waals surface area contributed by atoms with Crippen LogP contribution in [-0.4, -0.2) is 40.8 Å². The van der Waals surface area contributed by atoms with Crippen LogP contribution in [0.3, 0.4) is 0 Å². The van der Waals surface area contributed by atoms with Crippen molar-refractivity contribution in [2.45, 2.75) is 38.8 Å². The Morgan fingerprint density at radius 3 is 2.60 bits per heavy atom. The number of thioether (sulfide) groups is 1. The van der Waals surface area contributed by atoms with Crippen LogP contribution in [-0.2, 0) is 0 Å². The molecule has 1 unspecified atom stereocenters. The average molecular weight is 379 g/mol. The third kappa shape index (κ3) is 3.28. The van der Waals surface area contributed by atoms with E-state index in [1.165, 1.54) is 0 Å². The first-order valence-corrected chi connectivity index (χ1v) is 10.1. The number of rotatable bonds is 6. The molecule has 1 atom stereocenters. The molecular formula is C18H25ClN5S+. The van der Waals surface area contributed by atoms with Crippen LogP contribution < -0.4 is 10.0 Å². The molecule has 25 heavy (non-hydrogen) atoms. The summed E-state index contributed by atoms with van der Waals surface area (Å²) in [7, 11) is 2.14. The molecule has 3 heterocycles. The third-order valence-electron chi connectivity index (χ3n) is 4.63. The van der Waals surface area contributed by atoms with Crippen LogP contribution in [0.15, 0.2) is 11.7 Å². The van der Waals surface area contributed by atoms with Crippen molar-refractivity contribution in [1.82, 2.24) is 25.0 Å². The second kappa shape index (κ2) is 7.19. The van der Waals surface area contributed by atoms with Crippen molar-refractivity contribution in [2.24, 2.45) is 0 Å². The van der Waals surface area contributed by atoms with Crippen molar-refractivity contribution in [3.05, 3.63) is 23.0 Å². The first-order valence-electron chi connectivity index (χ1n) is 8.71. The first kappa shape index (κ1) is 18.6. The largest absolute Gasteiger partial charge is 0.261 e. The van der Waals surface area contributed by atoms with E-state index in [9.17, 15) is 0 Å². The van der Waals surface area contributed by atoms with E-state index in [4.69, 9.17) is 21.6 Å². The minimum Gasteiger partial charge on any atom is -0.235 e. The molecule has 2 aromatic heterocycles. The van der Waals surface area contributed by atoms with E-state index in [0.29, 0.717) is 9.75 Å². The highest BCUT2D eigenvalue weighted by molar-refractivity contribution is 7.99. The molecule has 0 spiro atoms. The van der Waals surface area contributed by atoms with E-state index in [1.807, 2.05) is 6.92 Å². The number of nitrogens with one attached hydrogen (secondary N) is 1. The molecule has 0 bridgehead atoms. The zero-order valence-corrected chi connectivity index (χ0v) is 16.9. The second-order valence-corrected chi connectivity index (χ2v) is 8.13. The maximum Gasteiger partial charge on any atom is 0.261 e. The molecule has 0 radical (unpaired) electrons. The highest BCUT2D eigenvalue weighted by atomic mass is 35.5. The van der Waals surface area contributed by atoms with Crippen LogP contribution in [0.25, 0.3) is 16.5 Å². The number of hydrogen-bond donors (Lipinski definition) is 1. The van der Waals surface area contributed by atoms with Crippen molar-refractivity contribution in [3.8, 4) is 0 Å². The van der Waals surface area contributed by atoms with Crippen LogP contribution in [0.4, 0.5) is 5.82 Å². The highest BCUT2D eigenvalue weighted by Gasteiger charge is 2.39. The maximum atomic E-state index is 6.44. The molecule has 0 aliphatic carbocycles. The van der Waals surface area contributed by atoms with E-state index in [2.05, 4.69) is 37.9 Å². The molecule has 1 fully saturated rings. The third-order valence-corrected chi connectivity index (χ3v) is 5.73. The van der Waals surface area contributed by atoms with Gasteiger partial charge in [0.25, 0.3) is 5.82 Å². The Labute approximate surface area is 158 Å². The summed E-state index contributed by atoms with van der Waals surface area (Å²) in [6.07, 6.45) is 1.89. The minimum atomic E-state index is 0.496. The van der Waals surface area contributed by atoms with Gasteiger partial charge < -0.3 is 0 Å². The summed E-state index contributed by atoms with van der Waals surface area (Å²) >= 11 is 8.09. The fourth-order valence-corrected chi connectivity index (χ4v) is 3.85. The molecule has 1 N–H and O–H groups in total. The van der Waals surface area contributed by atoms with Crippen LogP contribution >= 0.6 is 23.4 Å². The number of nitrogens with zero attached hydrogens (tertiary/aromatic N) is 4. The van der Waals surface area contributed by atoms with E-state index >= 15 is 0 Å². The van der Waals surface area contributed by atoms with Gasteiger partial charge in [-0.3, -0.25) is 0 Å². The molecule has 0 saturated carbocycles. The fourth-order valence-electron chi connectivity index (χ4n) is 3.11. The van der Waals surface area contributed by atoms with Gasteiger partial charge in [0.2, 0.25) is 0 Å². The van der Waals surface area contributed by atoms with Crippen LogP contribution in [0.2, 0.25) is 5.15 Å². The van der Waals surface area contributed by atoms with Crippen molar-refractivity contribution in [2.75, 3.05) is 25.9 Å². The molecule has 3 rings (SSSR count). The van der Waals surface area contributed by atoms with Crippen LogP contribution in [0, 0.1) is 6.92 Å². The van der Waals surface area contributed by atoms with Crippen LogP contribution in [0.5, 0.6) is 0 Å². The summed E-state index contributed by atoms with van der Waals surface area (Å²) in [5.41, 5.74) is 7.10. The monoisotopic (exact) mass is 378 g/mol. The SMILES string of the molecule is C=C(CCC)c1nc(Cl)c(C)c2nc(SCC)nc([N+]3(C)CCN3)c12. The number of aryl methyl sites for hydroxylation is 1. The average Bonchev–Trinajstić information content (AvgIpc) is 2.56. The molecule has 2 aromatic rings. The Morgan fingerprint density at radius 1 is 1.32 bits per heavy atom. The molecule has 1 aliphatic rings. The zero-order chi connectivity index (χ0) is 18.2. The van der Waals surface area contributed by atoms with E-state index < -0.39 is 0 Å². The number of halogens is 1. The van der Waals surface area contributed by atoms with Gasteiger partial charge in [0.05, 0.1) is 24.8 Å². The summed E-state index contributed by atoms with van der Waals surface area (Å²) in [5.74, 6) is 1.89. The normalized spacial score (nSPS) is 19.9. The minimum absolute atomic E-state index is 0.496. The summed E-state index contributed by atoms with van der Waals surface area (Å²) < 4.78 is 0.589. The molecular weight excluding hydrogens is 354 g/mol. The Bertz CT molecular complexity index is 832. The number of likely N-dealkylation sites (N-methyl/N-ethyl adjacent to an activating group) is 1. The molecule has 1 aliphatic heterocycles. The smallest absolute Gasteiger partial charge is 0.235 e. The number of allylic oxidation sites excluding steroid dienone is 1. The predicted molar refractivity (Wildman–Crippen MR) is 108 cm³/mol. The lowest BCUT2D eigenvalue weighted by atomic mass is 10.0. The van der Waals surface area contributed by atoms with Gasteiger partial charge in [-0.25, -0.2) is 9.97 Å². The van der Waals surface area contributed by atoms with E-state index in [-0.39, 0.29) is 0 Å². The maximum absolute atomic E-state index is 6.44. The zero-order valence-electron chi connectivity index (χ0n) is 15.3. The molecule has 0 amide bonds. The Balaban J connectivity index is 2.36. The second-order valence-electron chi connectivity index (χ2n) is 6.54. The summed E-state index contributed by atoms with van der Waals surface area (Å²) in [5, 5.41) is 2.27. The lowest BCUT2D eigenvalue weighted by molar-refractivity contribution is 0.141. The number of hydrogen-bond acceptors (Lipinski definition) is 5. The number of quaternary nitrogens is 1. The van der Waals surface area contributed by atoms with Gasteiger partial charge in [0.1, 0.15) is 17.1 Å². The quantitative estimate of drug-likeness (QED) is 0.350. The predicted octanol–water partition coefficient (Wildman–Crippen LogP) is 4.37. The van der Waals surface area contributed by atoms with Gasteiger partial charge in [-0.1, -0.05) is 50.2 Å². The topological polar surface area (TPSA) is 50.7 Å². The molecule has 0 aromatic carbocycles. The first-order chi connectivity index (χ1) is 11.9. The molecule has 5 nitrogen and oxygen atoms in total. The Hall–Kier alpha value is -1.21. The lowest BCUT2D eigenvalue weighted by Crippen LogP contribution is -2.69. The Kier molecular flexibility index (Phi) is 5.34. The van der Waals surface area contributed by atoms with Gasteiger partial charge in [-0.05, 0) is 24.7 Å². The van der Waals surface area contributed by atoms with Gasteiger partial charge in [-0.15, -0.1) is 0 Å². The highest BCUT2D eigenvalue weighted by Crippen LogP contribution is 2.38. The van der Waals surface area contributed by atoms with Gasteiger partial charge in [0, 0.05) is 5.56 Å². The number of aromatic nitrogens is 3. The van der Waals surface area contributed by atoms with Gasteiger partial charge in [0.15, 0.2) is 5.16 Å². The van der Waals surface area contributed by atoms with Gasteiger partial charge >= 0.3 is 0 Å². The molecule has 7 heteroatoms. The molecule has 134 valence electrons.